The molecule has 0 radical (unpaired) electrons. The number of rotatable bonds is 3. The van der Waals surface area contributed by atoms with E-state index >= 15 is 0 Å². The number of likely N-dealkylation sites (N-methyl/N-ethyl adjacent to an activating group) is 1. The molecule has 21 heavy (non-hydrogen) atoms. The Kier molecular flexibility index (Phi) is 4.00. The lowest BCUT2D eigenvalue weighted by Gasteiger charge is -2.33. The minimum absolute atomic E-state index is 0.155. The molecule has 1 aliphatic rings. The molecule has 1 N–H and O–H groups in total. The maximum Gasteiger partial charge on any atom is 0.130 e. The van der Waals surface area contributed by atoms with E-state index in [0.717, 1.165) is 36.4 Å². The van der Waals surface area contributed by atoms with E-state index in [1.165, 1.54) is 0 Å². The van der Waals surface area contributed by atoms with Crippen molar-refractivity contribution in [2.24, 2.45) is 0 Å². The normalized spacial score (nSPS) is 18.7. The number of nitriles is 1. The summed E-state index contributed by atoms with van der Waals surface area (Å²) in [6.07, 6.45) is 0.155. The molecule has 0 saturated carbocycles. The Labute approximate surface area is 124 Å². The summed E-state index contributed by atoms with van der Waals surface area (Å²) in [7, 11) is 1.92. The third-order valence-corrected chi connectivity index (χ3v) is 3.72. The van der Waals surface area contributed by atoms with Crippen LogP contribution < -0.4 is 10.2 Å². The summed E-state index contributed by atoms with van der Waals surface area (Å²) in [5, 5.41) is 13.4. The van der Waals surface area contributed by atoms with Crippen LogP contribution in [0.5, 0.6) is 0 Å². The van der Waals surface area contributed by atoms with Gasteiger partial charge < -0.3 is 15.0 Å². The number of para-hydroxylation sites is 1. The highest BCUT2D eigenvalue weighted by molar-refractivity contribution is 5.86. The molecule has 0 amide bonds. The number of hydrogen-bond donors (Lipinski definition) is 1. The molecule has 1 aromatic carbocycles. The highest BCUT2D eigenvalue weighted by atomic mass is 16.5. The first-order valence-electron chi connectivity index (χ1n) is 7.13. The van der Waals surface area contributed by atoms with Gasteiger partial charge in [-0.15, -0.1) is 0 Å². The molecule has 2 heterocycles. The van der Waals surface area contributed by atoms with Gasteiger partial charge in [-0.2, -0.15) is 5.26 Å². The Balaban J connectivity index is 1.95. The molecule has 0 spiro atoms. The first-order valence-corrected chi connectivity index (χ1v) is 7.13. The van der Waals surface area contributed by atoms with Gasteiger partial charge in [0.25, 0.3) is 0 Å². The van der Waals surface area contributed by atoms with Crippen molar-refractivity contribution in [1.82, 2.24) is 10.3 Å². The fourth-order valence-electron chi connectivity index (χ4n) is 2.69. The third kappa shape index (κ3) is 2.82. The van der Waals surface area contributed by atoms with Crippen molar-refractivity contribution in [3.8, 4) is 6.07 Å². The second-order valence-electron chi connectivity index (χ2n) is 5.15. The number of pyridine rings is 1. The lowest BCUT2D eigenvalue weighted by Crippen LogP contribution is -2.46. The van der Waals surface area contributed by atoms with Crippen molar-refractivity contribution in [1.29, 1.82) is 5.26 Å². The van der Waals surface area contributed by atoms with Gasteiger partial charge in [-0.05, 0) is 19.2 Å². The van der Waals surface area contributed by atoms with Crippen LogP contribution in [0.4, 0.5) is 5.82 Å². The zero-order valence-electron chi connectivity index (χ0n) is 12.0. The monoisotopic (exact) mass is 282 g/mol. The molecule has 0 aliphatic carbocycles. The number of anilines is 1. The molecule has 1 saturated heterocycles. The molecule has 3 rings (SSSR count). The number of benzene rings is 1. The lowest BCUT2D eigenvalue weighted by molar-refractivity contribution is 0.0419. The van der Waals surface area contributed by atoms with Crippen molar-refractivity contribution in [2.75, 3.05) is 38.2 Å². The van der Waals surface area contributed by atoms with Gasteiger partial charge in [-0.3, -0.25) is 0 Å². The van der Waals surface area contributed by atoms with Crippen molar-refractivity contribution in [2.45, 2.75) is 6.10 Å². The van der Waals surface area contributed by atoms with E-state index in [1.807, 2.05) is 37.4 Å². The number of fused-ring (bicyclic) bond motifs is 1. The number of nitrogens with one attached hydrogen (secondary N) is 1. The van der Waals surface area contributed by atoms with Gasteiger partial charge in [0.05, 0.1) is 29.9 Å². The highest BCUT2D eigenvalue weighted by Crippen LogP contribution is 2.23. The van der Waals surface area contributed by atoms with Gasteiger partial charge in [0, 0.05) is 25.0 Å². The zero-order chi connectivity index (χ0) is 14.7. The Bertz CT molecular complexity index is 678. The molecule has 0 bridgehead atoms. The van der Waals surface area contributed by atoms with Gasteiger partial charge in [-0.1, -0.05) is 18.2 Å². The Hall–Kier alpha value is -2.16. The van der Waals surface area contributed by atoms with Crippen molar-refractivity contribution in [3.63, 3.8) is 0 Å². The van der Waals surface area contributed by atoms with Gasteiger partial charge in [0.1, 0.15) is 5.82 Å². The van der Waals surface area contributed by atoms with Crippen LogP contribution in [0.1, 0.15) is 5.56 Å². The zero-order valence-corrected chi connectivity index (χ0v) is 12.0. The predicted octanol–water partition coefficient (Wildman–Crippen LogP) is 1.53. The molecule has 1 aromatic heterocycles. The van der Waals surface area contributed by atoms with Crippen LogP contribution in [0.15, 0.2) is 30.3 Å². The van der Waals surface area contributed by atoms with E-state index in [9.17, 15) is 5.26 Å². The van der Waals surface area contributed by atoms with Gasteiger partial charge in [0.2, 0.25) is 0 Å². The van der Waals surface area contributed by atoms with E-state index in [2.05, 4.69) is 16.3 Å². The summed E-state index contributed by atoms with van der Waals surface area (Å²) in [6, 6.07) is 11.9. The van der Waals surface area contributed by atoms with Crippen LogP contribution in [0, 0.1) is 11.3 Å². The first-order chi connectivity index (χ1) is 10.3. The van der Waals surface area contributed by atoms with Crippen LogP contribution in [0.3, 0.4) is 0 Å². The lowest BCUT2D eigenvalue weighted by atomic mass is 10.1. The van der Waals surface area contributed by atoms with Crippen LogP contribution in [-0.2, 0) is 4.74 Å². The summed E-state index contributed by atoms with van der Waals surface area (Å²) < 4.78 is 5.72. The van der Waals surface area contributed by atoms with Crippen LogP contribution in [0.2, 0.25) is 0 Å². The topological polar surface area (TPSA) is 61.2 Å². The quantitative estimate of drug-likeness (QED) is 0.925. The van der Waals surface area contributed by atoms with E-state index in [4.69, 9.17) is 9.72 Å². The molecule has 108 valence electrons. The minimum Gasteiger partial charge on any atom is -0.373 e. The average Bonchev–Trinajstić information content (AvgIpc) is 2.54. The largest absolute Gasteiger partial charge is 0.373 e. The fraction of sp³-hybridized carbons (Fsp3) is 0.375. The minimum atomic E-state index is 0.155. The van der Waals surface area contributed by atoms with Crippen LogP contribution in [0.25, 0.3) is 10.9 Å². The Morgan fingerprint density at radius 3 is 3.14 bits per heavy atom. The van der Waals surface area contributed by atoms with Crippen LogP contribution >= 0.6 is 0 Å². The van der Waals surface area contributed by atoms with Gasteiger partial charge >= 0.3 is 0 Å². The van der Waals surface area contributed by atoms with Crippen LogP contribution in [-0.4, -0.2) is 44.4 Å². The van der Waals surface area contributed by atoms with Crippen molar-refractivity contribution >= 4 is 16.7 Å². The number of nitrogens with zero attached hydrogens (tertiary/aromatic N) is 3. The molecule has 1 aliphatic heterocycles. The SMILES string of the molecule is CNCC1CN(c2cc(C#N)c3ccccc3n2)CCO1. The number of morpholine rings is 1. The first kappa shape index (κ1) is 13.8. The van der Waals surface area contributed by atoms with Gasteiger partial charge in [-0.25, -0.2) is 4.98 Å². The maximum atomic E-state index is 9.36. The number of ether oxygens (including phenoxy) is 1. The molecular formula is C16H18N4O. The van der Waals surface area contributed by atoms with Crippen molar-refractivity contribution < 1.29 is 4.74 Å². The third-order valence-electron chi connectivity index (χ3n) is 3.72. The summed E-state index contributed by atoms with van der Waals surface area (Å²) >= 11 is 0. The second kappa shape index (κ2) is 6.08. The molecule has 1 unspecified atom stereocenters. The molecule has 2 aromatic rings. The molecular weight excluding hydrogens is 264 g/mol. The second-order valence-corrected chi connectivity index (χ2v) is 5.15. The van der Waals surface area contributed by atoms with E-state index in [1.54, 1.807) is 0 Å². The molecule has 1 atom stereocenters. The van der Waals surface area contributed by atoms with E-state index in [-0.39, 0.29) is 6.10 Å². The smallest absolute Gasteiger partial charge is 0.130 e. The summed E-state index contributed by atoms with van der Waals surface area (Å²) in [5.41, 5.74) is 1.54. The Morgan fingerprint density at radius 1 is 1.48 bits per heavy atom. The number of aromatic nitrogens is 1. The summed E-state index contributed by atoms with van der Waals surface area (Å²) in [4.78, 5) is 6.89. The Morgan fingerprint density at radius 2 is 2.33 bits per heavy atom. The summed E-state index contributed by atoms with van der Waals surface area (Å²) in [6.45, 7) is 3.09. The summed E-state index contributed by atoms with van der Waals surface area (Å²) in [5.74, 6) is 0.856. The molecule has 1 fully saturated rings. The predicted molar refractivity (Wildman–Crippen MR) is 82.3 cm³/mol. The van der Waals surface area contributed by atoms with Gasteiger partial charge in [0.15, 0.2) is 0 Å². The average molecular weight is 282 g/mol. The molecule has 5 nitrogen and oxygen atoms in total. The maximum absolute atomic E-state index is 9.36. The van der Waals surface area contributed by atoms with E-state index < -0.39 is 0 Å². The molecule has 5 heteroatoms. The van der Waals surface area contributed by atoms with E-state index in [0.29, 0.717) is 12.2 Å². The van der Waals surface area contributed by atoms with Crippen molar-refractivity contribution in [3.05, 3.63) is 35.9 Å². The standard InChI is InChI=1S/C16H18N4O/c1-18-10-13-11-20(6-7-21-13)16-8-12(9-17)14-4-2-3-5-15(14)19-16/h2-5,8,13,18H,6-7,10-11H2,1H3. The fourth-order valence-corrected chi connectivity index (χ4v) is 2.69. The highest BCUT2D eigenvalue weighted by Gasteiger charge is 2.21. The number of hydrogen-bond acceptors (Lipinski definition) is 5.